The third kappa shape index (κ3) is 5.99. The maximum atomic E-state index is 13.6. The van der Waals surface area contributed by atoms with Gasteiger partial charge in [-0.3, -0.25) is 14.6 Å². The van der Waals surface area contributed by atoms with Crippen LogP contribution in [0.4, 0.5) is 5.13 Å². The number of hydrogen-bond donors (Lipinski definition) is 0. The van der Waals surface area contributed by atoms with Gasteiger partial charge in [-0.05, 0) is 43.2 Å². The number of amides is 1. The van der Waals surface area contributed by atoms with E-state index in [9.17, 15) is 4.79 Å². The lowest BCUT2D eigenvalue weighted by Crippen LogP contribution is -2.39. The first-order valence-electron chi connectivity index (χ1n) is 10.5. The van der Waals surface area contributed by atoms with Gasteiger partial charge in [0.15, 0.2) is 5.13 Å². The molecule has 2 aromatic carbocycles. The topological polar surface area (TPSA) is 54.9 Å². The van der Waals surface area contributed by atoms with E-state index in [-0.39, 0.29) is 18.3 Å². The first-order chi connectivity index (χ1) is 15.5. The molecule has 10 heteroatoms. The van der Waals surface area contributed by atoms with Gasteiger partial charge >= 0.3 is 0 Å². The van der Waals surface area contributed by atoms with E-state index in [1.807, 2.05) is 25.1 Å². The zero-order chi connectivity index (χ0) is 22.7. The number of morpholine rings is 1. The van der Waals surface area contributed by atoms with Gasteiger partial charge < -0.3 is 9.47 Å². The number of fused-ring (bicyclic) bond motifs is 1. The molecule has 1 aromatic heterocycles. The number of rotatable bonds is 7. The first kappa shape index (κ1) is 26.2. The maximum absolute atomic E-state index is 13.6. The van der Waals surface area contributed by atoms with Gasteiger partial charge in [-0.2, -0.15) is 0 Å². The molecule has 33 heavy (non-hydrogen) atoms. The zero-order valence-corrected chi connectivity index (χ0v) is 22.5. The summed E-state index contributed by atoms with van der Waals surface area (Å²) in [6.45, 7) is 6.83. The summed E-state index contributed by atoms with van der Waals surface area (Å²) in [6, 6.07) is 9.25. The molecule has 0 saturated carbocycles. The fourth-order valence-electron chi connectivity index (χ4n) is 3.75. The summed E-state index contributed by atoms with van der Waals surface area (Å²) < 4.78 is 12.8. The van der Waals surface area contributed by atoms with Gasteiger partial charge in [0.1, 0.15) is 11.3 Å². The smallest absolute Gasteiger partial charge is 0.261 e. The summed E-state index contributed by atoms with van der Waals surface area (Å²) in [4.78, 5) is 22.6. The highest BCUT2D eigenvalue weighted by atomic mass is 79.9. The standard InChI is InChI=1S/C23H25BrClN3O3S.ClH/c1-15-4-7-19(30-2)20-21(15)32-23(26-20)28(9-3-8-27-10-12-31-13-11-27)22(29)17-14-16(24)5-6-18(17)25;/h4-7,14H,3,8-13H2,1-2H3;1H. The van der Waals surface area contributed by atoms with E-state index >= 15 is 0 Å². The predicted molar refractivity (Wildman–Crippen MR) is 141 cm³/mol. The fraction of sp³-hybridized carbons (Fsp3) is 0.391. The molecular weight excluding hydrogens is 549 g/mol. The number of methoxy groups -OCH3 is 1. The normalized spacial score (nSPS) is 14.2. The van der Waals surface area contributed by atoms with Gasteiger partial charge in [-0.25, -0.2) is 4.98 Å². The molecule has 0 unspecified atom stereocenters. The Bertz CT molecular complexity index is 1120. The highest BCUT2D eigenvalue weighted by Gasteiger charge is 2.25. The average Bonchev–Trinajstić information content (AvgIpc) is 3.25. The monoisotopic (exact) mass is 573 g/mol. The van der Waals surface area contributed by atoms with E-state index in [2.05, 4.69) is 20.8 Å². The second-order valence-corrected chi connectivity index (χ2v) is 9.95. The third-order valence-corrected chi connectivity index (χ3v) is 7.54. The van der Waals surface area contributed by atoms with Crippen LogP contribution in [0.15, 0.2) is 34.8 Å². The highest BCUT2D eigenvalue weighted by Crippen LogP contribution is 2.37. The Labute approximate surface area is 217 Å². The molecule has 4 rings (SSSR count). The minimum Gasteiger partial charge on any atom is -0.494 e. The van der Waals surface area contributed by atoms with Crippen molar-refractivity contribution in [2.45, 2.75) is 13.3 Å². The average molecular weight is 575 g/mol. The number of aryl methyl sites for hydroxylation is 1. The molecule has 178 valence electrons. The molecule has 3 aromatic rings. The second kappa shape index (κ2) is 11.8. The lowest BCUT2D eigenvalue weighted by Gasteiger charge is -2.28. The molecule has 0 spiro atoms. The molecule has 0 N–H and O–H groups in total. The van der Waals surface area contributed by atoms with Crippen LogP contribution >= 0.6 is 51.3 Å². The summed E-state index contributed by atoms with van der Waals surface area (Å²) in [5.41, 5.74) is 2.33. The molecule has 6 nitrogen and oxygen atoms in total. The van der Waals surface area contributed by atoms with Crippen molar-refractivity contribution < 1.29 is 14.3 Å². The minimum atomic E-state index is -0.158. The van der Waals surface area contributed by atoms with Gasteiger partial charge in [0.2, 0.25) is 0 Å². The van der Waals surface area contributed by atoms with Crippen LogP contribution in [0.3, 0.4) is 0 Å². The van der Waals surface area contributed by atoms with Crippen LogP contribution in [0.5, 0.6) is 5.75 Å². The van der Waals surface area contributed by atoms with Crippen LogP contribution in [0.2, 0.25) is 5.02 Å². The Hall–Kier alpha value is -1.42. The molecule has 2 heterocycles. The Kier molecular flexibility index (Phi) is 9.38. The number of thiazole rings is 1. The Morgan fingerprint density at radius 2 is 2.06 bits per heavy atom. The predicted octanol–water partition coefficient (Wildman–Crippen LogP) is 5.82. The number of anilines is 1. The molecule has 0 radical (unpaired) electrons. The summed E-state index contributed by atoms with van der Waals surface area (Å²) in [5, 5.41) is 1.07. The second-order valence-electron chi connectivity index (χ2n) is 7.65. The molecule has 1 aliphatic rings. The summed E-state index contributed by atoms with van der Waals surface area (Å²) in [6.07, 6.45) is 0.823. The number of hydrogen-bond acceptors (Lipinski definition) is 6. The first-order valence-corrected chi connectivity index (χ1v) is 12.5. The van der Waals surface area contributed by atoms with E-state index in [1.165, 1.54) is 11.3 Å². The molecule has 1 aliphatic heterocycles. The molecule has 1 saturated heterocycles. The van der Waals surface area contributed by atoms with E-state index in [0.717, 1.165) is 59.5 Å². The SMILES string of the molecule is COc1ccc(C)c2sc(N(CCCN3CCOCC3)C(=O)c3cc(Br)ccc3Cl)nc12.Cl. The van der Waals surface area contributed by atoms with Crippen LogP contribution < -0.4 is 9.64 Å². The van der Waals surface area contributed by atoms with Crippen molar-refractivity contribution in [3.63, 3.8) is 0 Å². The van der Waals surface area contributed by atoms with E-state index in [1.54, 1.807) is 24.1 Å². The van der Waals surface area contributed by atoms with Crippen LogP contribution in [0.1, 0.15) is 22.3 Å². The number of ether oxygens (including phenoxy) is 2. The number of benzene rings is 2. The van der Waals surface area contributed by atoms with Gasteiger partial charge in [-0.15, -0.1) is 12.4 Å². The largest absolute Gasteiger partial charge is 0.494 e. The number of halogens is 3. The van der Waals surface area contributed by atoms with Gasteiger partial charge in [0, 0.05) is 30.7 Å². The molecule has 0 aliphatic carbocycles. The fourth-order valence-corrected chi connectivity index (χ4v) is 5.38. The molecular formula is C23H26BrCl2N3O3S. The van der Waals surface area contributed by atoms with Crippen molar-refractivity contribution in [2.24, 2.45) is 0 Å². The van der Waals surface area contributed by atoms with E-state index < -0.39 is 0 Å². The van der Waals surface area contributed by atoms with E-state index in [0.29, 0.717) is 28.0 Å². The van der Waals surface area contributed by atoms with Crippen molar-refractivity contribution in [3.05, 3.63) is 51.0 Å². The summed E-state index contributed by atoms with van der Waals surface area (Å²) in [5.74, 6) is 0.545. The molecule has 0 atom stereocenters. The van der Waals surface area contributed by atoms with Crippen LogP contribution in [-0.2, 0) is 4.74 Å². The quantitative estimate of drug-likeness (QED) is 0.356. The Morgan fingerprint density at radius 1 is 1.30 bits per heavy atom. The number of nitrogens with zero attached hydrogens (tertiary/aromatic N) is 3. The van der Waals surface area contributed by atoms with E-state index in [4.69, 9.17) is 26.1 Å². The highest BCUT2D eigenvalue weighted by molar-refractivity contribution is 9.10. The minimum absolute atomic E-state index is 0. The Morgan fingerprint density at radius 3 is 2.79 bits per heavy atom. The molecule has 1 amide bonds. The van der Waals surface area contributed by atoms with Crippen molar-refractivity contribution in [2.75, 3.05) is 51.4 Å². The lowest BCUT2D eigenvalue weighted by atomic mass is 10.2. The summed E-state index contributed by atoms with van der Waals surface area (Å²) in [7, 11) is 1.63. The summed E-state index contributed by atoms with van der Waals surface area (Å²) >= 11 is 11.4. The number of carbonyl (C=O) groups is 1. The van der Waals surface area contributed by atoms with Crippen LogP contribution in [0.25, 0.3) is 10.2 Å². The van der Waals surface area contributed by atoms with Crippen molar-refractivity contribution in [3.8, 4) is 5.75 Å². The van der Waals surface area contributed by atoms with Gasteiger partial charge in [-0.1, -0.05) is 44.9 Å². The van der Waals surface area contributed by atoms with Crippen LogP contribution in [-0.4, -0.2) is 62.3 Å². The van der Waals surface area contributed by atoms with Crippen molar-refractivity contribution in [1.29, 1.82) is 0 Å². The van der Waals surface area contributed by atoms with Crippen molar-refractivity contribution >= 4 is 72.5 Å². The van der Waals surface area contributed by atoms with Gasteiger partial charge in [0.05, 0.1) is 35.6 Å². The number of carbonyl (C=O) groups excluding carboxylic acids is 1. The Balaban J connectivity index is 0.00000306. The maximum Gasteiger partial charge on any atom is 0.261 e. The van der Waals surface area contributed by atoms with Gasteiger partial charge in [0.25, 0.3) is 5.91 Å². The molecule has 1 fully saturated rings. The molecule has 0 bridgehead atoms. The number of aromatic nitrogens is 1. The van der Waals surface area contributed by atoms with Crippen LogP contribution in [0, 0.1) is 6.92 Å². The third-order valence-electron chi connectivity index (χ3n) is 5.51. The zero-order valence-electron chi connectivity index (χ0n) is 18.5. The van der Waals surface area contributed by atoms with Crippen molar-refractivity contribution in [1.82, 2.24) is 9.88 Å². The lowest BCUT2D eigenvalue weighted by molar-refractivity contribution is 0.0376.